The summed E-state index contributed by atoms with van der Waals surface area (Å²) in [5, 5.41) is 5.39. The number of nitrogens with zero attached hydrogens (tertiary/aromatic N) is 1. The molecule has 0 radical (unpaired) electrons. The smallest absolute Gasteiger partial charge is 0.411 e. The van der Waals surface area contributed by atoms with Crippen LogP contribution >= 0.6 is 0 Å². The third-order valence-electron chi connectivity index (χ3n) is 3.83. The Balaban J connectivity index is 1.89. The lowest BCUT2D eigenvalue weighted by atomic mass is 10.0. The maximum Gasteiger partial charge on any atom is 0.411 e. The van der Waals surface area contributed by atoms with E-state index < -0.39 is 6.09 Å². The Hall–Kier alpha value is -3.02. The molecule has 6 heteroatoms. The van der Waals surface area contributed by atoms with Crippen molar-refractivity contribution in [2.75, 3.05) is 31.3 Å². The van der Waals surface area contributed by atoms with E-state index in [1.165, 1.54) is 12.7 Å². The molecule has 0 bridgehead atoms. The lowest BCUT2D eigenvalue weighted by Gasteiger charge is -2.22. The SMILES string of the molecule is COC(=O)Nc1ccc(NC(=O)N(C)CC(C)c2ccccc2)cc1. The number of anilines is 2. The van der Waals surface area contributed by atoms with Crippen molar-refractivity contribution in [3.05, 3.63) is 60.2 Å². The largest absolute Gasteiger partial charge is 0.453 e. The third-order valence-corrected chi connectivity index (χ3v) is 3.83. The maximum absolute atomic E-state index is 12.3. The van der Waals surface area contributed by atoms with Gasteiger partial charge in [-0.1, -0.05) is 37.3 Å². The number of amides is 3. The highest BCUT2D eigenvalue weighted by atomic mass is 16.5. The number of hydrogen-bond acceptors (Lipinski definition) is 3. The molecule has 0 fully saturated rings. The van der Waals surface area contributed by atoms with Gasteiger partial charge in [-0.2, -0.15) is 0 Å². The van der Waals surface area contributed by atoms with E-state index in [0.29, 0.717) is 17.9 Å². The van der Waals surface area contributed by atoms with Crippen LogP contribution in [0, 0.1) is 0 Å². The van der Waals surface area contributed by atoms with Gasteiger partial charge in [0.1, 0.15) is 0 Å². The summed E-state index contributed by atoms with van der Waals surface area (Å²) in [6.07, 6.45) is -0.536. The number of nitrogens with one attached hydrogen (secondary N) is 2. The van der Waals surface area contributed by atoms with Gasteiger partial charge in [-0.3, -0.25) is 5.32 Å². The summed E-state index contributed by atoms with van der Waals surface area (Å²) in [6.45, 7) is 2.70. The number of carbonyl (C=O) groups is 2. The van der Waals surface area contributed by atoms with Crippen LogP contribution in [0.2, 0.25) is 0 Å². The van der Waals surface area contributed by atoms with Crippen LogP contribution in [0.15, 0.2) is 54.6 Å². The molecule has 0 saturated heterocycles. The Bertz CT molecular complexity index is 702. The predicted octanol–water partition coefficient (Wildman–Crippen LogP) is 4.13. The first-order chi connectivity index (χ1) is 12.0. The zero-order valence-corrected chi connectivity index (χ0v) is 14.7. The normalized spacial score (nSPS) is 11.3. The Kier molecular flexibility index (Phi) is 6.39. The van der Waals surface area contributed by atoms with Crippen molar-refractivity contribution < 1.29 is 14.3 Å². The van der Waals surface area contributed by atoms with Crippen LogP contribution in [-0.4, -0.2) is 37.7 Å². The van der Waals surface area contributed by atoms with Crippen LogP contribution in [0.1, 0.15) is 18.4 Å². The van der Waals surface area contributed by atoms with Gasteiger partial charge in [0.15, 0.2) is 0 Å². The second-order valence-corrected chi connectivity index (χ2v) is 5.82. The van der Waals surface area contributed by atoms with Crippen LogP contribution in [0.4, 0.5) is 21.0 Å². The highest BCUT2D eigenvalue weighted by molar-refractivity contribution is 5.90. The molecule has 2 N–H and O–H groups in total. The molecule has 2 aromatic rings. The molecular formula is C19H23N3O3. The van der Waals surface area contributed by atoms with Gasteiger partial charge in [0.05, 0.1) is 7.11 Å². The first-order valence-electron chi connectivity index (χ1n) is 8.01. The molecular weight excluding hydrogens is 318 g/mol. The number of hydrogen-bond donors (Lipinski definition) is 2. The quantitative estimate of drug-likeness (QED) is 0.859. The Morgan fingerprint density at radius 1 is 1.00 bits per heavy atom. The zero-order chi connectivity index (χ0) is 18.2. The molecule has 0 spiro atoms. The summed E-state index contributed by atoms with van der Waals surface area (Å²) in [7, 11) is 3.07. The van der Waals surface area contributed by atoms with Gasteiger partial charge in [0.2, 0.25) is 0 Å². The summed E-state index contributed by atoms with van der Waals surface area (Å²) < 4.78 is 4.53. The molecule has 1 unspecified atom stereocenters. The summed E-state index contributed by atoms with van der Waals surface area (Å²) >= 11 is 0. The van der Waals surface area contributed by atoms with Crippen LogP contribution < -0.4 is 10.6 Å². The Morgan fingerprint density at radius 3 is 2.12 bits per heavy atom. The number of likely N-dealkylation sites (N-methyl/N-ethyl adjacent to an activating group) is 1. The molecule has 0 aromatic heterocycles. The van der Waals surface area contributed by atoms with E-state index in [2.05, 4.69) is 34.4 Å². The minimum atomic E-state index is -0.536. The van der Waals surface area contributed by atoms with Crippen LogP contribution in [0.5, 0.6) is 0 Å². The molecule has 25 heavy (non-hydrogen) atoms. The minimum absolute atomic E-state index is 0.184. The van der Waals surface area contributed by atoms with Crippen molar-refractivity contribution in [1.82, 2.24) is 4.90 Å². The predicted molar refractivity (Wildman–Crippen MR) is 99.0 cm³/mol. The van der Waals surface area contributed by atoms with Crippen LogP contribution in [-0.2, 0) is 4.74 Å². The van der Waals surface area contributed by atoms with E-state index in [1.807, 2.05) is 18.2 Å². The van der Waals surface area contributed by atoms with Gasteiger partial charge in [-0.05, 0) is 35.7 Å². The fourth-order valence-electron chi connectivity index (χ4n) is 2.41. The lowest BCUT2D eigenvalue weighted by Crippen LogP contribution is -2.34. The number of rotatable bonds is 5. The van der Waals surface area contributed by atoms with Gasteiger partial charge >= 0.3 is 12.1 Å². The summed E-state index contributed by atoms with van der Waals surface area (Å²) in [5.74, 6) is 0.239. The Labute approximate surface area is 147 Å². The first kappa shape index (κ1) is 18.3. The lowest BCUT2D eigenvalue weighted by molar-refractivity contribution is 0.187. The van der Waals surface area contributed by atoms with Crippen molar-refractivity contribution >= 4 is 23.5 Å². The van der Waals surface area contributed by atoms with E-state index >= 15 is 0 Å². The van der Waals surface area contributed by atoms with Crippen molar-refractivity contribution in [2.24, 2.45) is 0 Å². The second-order valence-electron chi connectivity index (χ2n) is 5.82. The van der Waals surface area contributed by atoms with Crippen LogP contribution in [0.25, 0.3) is 0 Å². The Morgan fingerprint density at radius 2 is 1.56 bits per heavy atom. The number of methoxy groups -OCH3 is 1. The first-order valence-corrected chi connectivity index (χ1v) is 8.01. The molecule has 3 amide bonds. The fraction of sp³-hybridized carbons (Fsp3) is 0.263. The molecule has 0 aliphatic carbocycles. The monoisotopic (exact) mass is 341 g/mol. The highest BCUT2D eigenvalue weighted by Gasteiger charge is 2.14. The van der Waals surface area contributed by atoms with Gasteiger partial charge in [-0.25, -0.2) is 9.59 Å². The van der Waals surface area contributed by atoms with Crippen molar-refractivity contribution in [3.8, 4) is 0 Å². The average Bonchev–Trinajstić information content (AvgIpc) is 2.63. The average molecular weight is 341 g/mol. The van der Waals surface area contributed by atoms with Gasteiger partial charge in [0.25, 0.3) is 0 Å². The molecule has 0 aliphatic rings. The molecule has 132 valence electrons. The van der Waals surface area contributed by atoms with Gasteiger partial charge in [0, 0.05) is 25.0 Å². The number of benzene rings is 2. The third kappa shape index (κ3) is 5.53. The van der Waals surface area contributed by atoms with E-state index in [0.717, 1.165) is 0 Å². The number of urea groups is 1. The van der Waals surface area contributed by atoms with Gasteiger partial charge < -0.3 is 15.0 Å². The molecule has 1 atom stereocenters. The fourth-order valence-corrected chi connectivity index (χ4v) is 2.41. The van der Waals surface area contributed by atoms with Crippen molar-refractivity contribution in [3.63, 3.8) is 0 Å². The van der Waals surface area contributed by atoms with Crippen molar-refractivity contribution in [1.29, 1.82) is 0 Å². The summed E-state index contributed by atoms with van der Waals surface area (Å²) in [6, 6.07) is 16.7. The van der Waals surface area contributed by atoms with E-state index in [-0.39, 0.29) is 11.9 Å². The van der Waals surface area contributed by atoms with E-state index in [9.17, 15) is 9.59 Å². The number of carbonyl (C=O) groups excluding carboxylic acids is 2. The zero-order valence-electron chi connectivity index (χ0n) is 14.7. The van der Waals surface area contributed by atoms with E-state index in [1.54, 1.807) is 36.2 Å². The second kappa shape index (κ2) is 8.73. The molecule has 2 aromatic carbocycles. The molecule has 6 nitrogen and oxygen atoms in total. The molecule has 2 rings (SSSR count). The summed E-state index contributed by atoms with van der Waals surface area (Å²) in [5.41, 5.74) is 2.44. The topological polar surface area (TPSA) is 70.7 Å². The molecule has 0 heterocycles. The minimum Gasteiger partial charge on any atom is -0.453 e. The molecule has 0 saturated carbocycles. The maximum atomic E-state index is 12.3. The van der Waals surface area contributed by atoms with Gasteiger partial charge in [-0.15, -0.1) is 0 Å². The standard InChI is InChI=1S/C19H23N3O3/c1-14(15-7-5-4-6-8-15)13-22(2)18(23)20-16-9-11-17(12-10-16)21-19(24)25-3/h4-12,14H,13H2,1-3H3,(H,20,23)(H,21,24). The van der Waals surface area contributed by atoms with Crippen molar-refractivity contribution in [2.45, 2.75) is 12.8 Å². The number of ether oxygens (including phenoxy) is 1. The van der Waals surface area contributed by atoms with Crippen LogP contribution in [0.3, 0.4) is 0 Å². The highest BCUT2D eigenvalue weighted by Crippen LogP contribution is 2.17. The molecule has 0 aliphatic heterocycles. The van der Waals surface area contributed by atoms with E-state index in [4.69, 9.17) is 0 Å². The summed E-state index contributed by atoms with van der Waals surface area (Å²) in [4.78, 5) is 25.1.